The molecule has 0 saturated carbocycles. The predicted octanol–water partition coefficient (Wildman–Crippen LogP) is 1.38. The zero-order valence-electron chi connectivity index (χ0n) is 10.2. The molecule has 1 aromatic rings. The fourth-order valence-corrected chi connectivity index (χ4v) is 1.66. The molecule has 1 aromatic carbocycles. The minimum Gasteiger partial charge on any atom is -0.491 e. The maximum atomic E-state index is 11.8. The second-order valence-corrected chi connectivity index (χ2v) is 3.95. The molecular weight excluding hydrogens is 234 g/mol. The predicted molar refractivity (Wildman–Crippen MR) is 64.8 cm³/mol. The van der Waals surface area contributed by atoms with E-state index in [1.165, 1.54) is 6.07 Å². The lowest BCUT2D eigenvalue weighted by Gasteiger charge is -2.07. The number of esters is 1. The highest BCUT2D eigenvalue weighted by atomic mass is 16.5. The average Bonchev–Trinajstić information content (AvgIpc) is 2.58. The Morgan fingerprint density at radius 3 is 3.11 bits per heavy atom. The fraction of sp³-hybridized carbons (Fsp3) is 0.385. The van der Waals surface area contributed by atoms with Crippen LogP contribution in [0.3, 0.4) is 0 Å². The summed E-state index contributed by atoms with van der Waals surface area (Å²) in [6.07, 6.45) is 0.764. The van der Waals surface area contributed by atoms with Crippen LogP contribution < -0.4 is 10.1 Å². The third-order valence-corrected chi connectivity index (χ3v) is 2.54. The molecule has 2 rings (SSSR count). The zero-order valence-corrected chi connectivity index (χ0v) is 10.2. The molecule has 1 amide bonds. The number of hydrogen-bond acceptors (Lipinski definition) is 4. The number of fused-ring (bicyclic) bond motifs is 1. The van der Waals surface area contributed by atoms with Gasteiger partial charge in [0.05, 0.1) is 24.3 Å². The van der Waals surface area contributed by atoms with Crippen molar-refractivity contribution in [1.82, 2.24) is 5.32 Å². The van der Waals surface area contributed by atoms with Crippen LogP contribution in [-0.2, 0) is 4.74 Å². The standard InChI is InChI=1S/C13H15NO4/c1-2-6-18-13(16)9-3-4-11-10(8-9)12(15)14-5-7-17-11/h3-4,8H,2,5-7H2,1H3,(H,14,15). The van der Waals surface area contributed by atoms with E-state index in [0.29, 0.717) is 36.6 Å². The Morgan fingerprint density at radius 1 is 1.50 bits per heavy atom. The van der Waals surface area contributed by atoms with Gasteiger partial charge in [0.1, 0.15) is 12.4 Å². The van der Waals surface area contributed by atoms with Gasteiger partial charge in [-0.1, -0.05) is 6.92 Å². The molecule has 0 bridgehead atoms. The van der Waals surface area contributed by atoms with Gasteiger partial charge in [-0.25, -0.2) is 4.79 Å². The summed E-state index contributed by atoms with van der Waals surface area (Å²) in [5.41, 5.74) is 0.737. The molecule has 0 fully saturated rings. The molecule has 0 saturated heterocycles. The number of amides is 1. The summed E-state index contributed by atoms with van der Waals surface area (Å²) in [5, 5.41) is 2.69. The minimum atomic E-state index is -0.420. The molecule has 96 valence electrons. The lowest BCUT2D eigenvalue weighted by molar-refractivity contribution is 0.0505. The molecule has 0 unspecified atom stereocenters. The molecule has 0 aliphatic carbocycles. The first kappa shape index (κ1) is 12.4. The number of carbonyl (C=O) groups is 2. The molecule has 0 aromatic heterocycles. The fourth-order valence-electron chi connectivity index (χ4n) is 1.66. The van der Waals surface area contributed by atoms with Crippen LogP contribution in [0.15, 0.2) is 18.2 Å². The van der Waals surface area contributed by atoms with Crippen molar-refractivity contribution < 1.29 is 19.1 Å². The normalized spacial score (nSPS) is 13.9. The highest BCUT2D eigenvalue weighted by Crippen LogP contribution is 2.22. The first-order valence-electron chi connectivity index (χ1n) is 5.94. The van der Waals surface area contributed by atoms with Crippen molar-refractivity contribution in [1.29, 1.82) is 0 Å². The van der Waals surface area contributed by atoms with E-state index in [4.69, 9.17) is 9.47 Å². The van der Waals surface area contributed by atoms with Crippen LogP contribution in [0.2, 0.25) is 0 Å². The Bertz CT molecular complexity index is 470. The van der Waals surface area contributed by atoms with Crippen LogP contribution in [0.1, 0.15) is 34.1 Å². The summed E-state index contributed by atoms with van der Waals surface area (Å²) >= 11 is 0. The van der Waals surface area contributed by atoms with Gasteiger partial charge >= 0.3 is 5.97 Å². The second kappa shape index (κ2) is 5.53. The molecule has 0 radical (unpaired) electrons. The minimum absolute atomic E-state index is 0.229. The van der Waals surface area contributed by atoms with Crippen molar-refractivity contribution in [2.24, 2.45) is 0 Å². The van der Waals surface area contributed by atoms with Gasteiger partial charge in [-0.15, -0.1) is 0 Å². The Hall–Kier alpha value is -2.04. The van der Waals surface area contributed by atoms with Gasteiger partial charge < -0.3 is 14.8 Å². The third-order valence-electron chi connectivity index (χ3n) is 2.54. The van der Waals surface area contributed by atoms with Crippen molar-refractivity contribution in [3.63, 3.8) is 0 Å². The molecule has 5 nitrogen and oxygen atoms in total. The summed E-state index contributed by atoms with van der Waals surface area (Å²) in [6, 6.07) is 4.74. The second-order valence-electron chi connectivity index (χ2n) is 3.95. The molecular formula is C13H15NO4. The van der Waals surface area contributed by atoms with Crippen LogP contribution in [0.4, 0.5) is 0 Å². The van der Waals surface area contributed by atoms with Gasteiger partial charge in [-0.2, -0.15) is 0 Å². The van der Waals surface area contributed by atoms with Crippen molar-refractivity contribution in [2.75, 3.05) is 19.8 Å². The first-order valence-corrected chi connectivity index (χ1v) is 5.94. The first-order chi connectivity index (χ1) is 8.72. The number of hydrogen-bond donors (Lipinski definition) is 1. The lowest BCUT2D eigenvalue weighted by Crippen LogP contribution is -2.24. The van der Waals surface area contributed by atoms with E-state index in [-0.39, 0.29) is 5.91 Å². The van der Waals surface area contributed by atoms with Gasteiger partial charge in [0.15, 0.2) is 0 Å². The Kier molecular flexibility index (Phi) is 3.82. The Balaban J connectivity index is 2.25. The van der Waals surface area contributed by atoms with Crippen molar-refractivity contribution >= 4 is 11.9 Å². The molecule has 18 heavy (non-hydrogen) atoms. The monoisotopic (exact) mass is 249 g/mol. The summed E-state index contributed by atoms with van der Waals surface area (Å²) in [7, 11) is 0. The molecule has 1 aliphatic heterocycles. The lowest BCUT2D eigenvalue weighted by atomic mass is 10.1. The number of rotatable bonds is 3. The molecule has 1 aliphatic rings. The molecule has 1 heterocycles. The smallest absolute Gasteiger partial charge is 0.338 e. The molecule has 1 N–H and O–H groups in total. The van der Waals surface area contributed by atoms with Gasteiger partial charge in [0, 0.05) is 0 Å². The number of carbonyl (C=O) groups excluding carboxylic acids is 2. The van der Waals surface area contributed by atoms with E-state index >= 15 is 0 Å². The average molecular weight is 249 g/mol. The van der Waals surface area contributed by atoms with Crippen LogP contribution in [0, 0.1) is 0 Å². The summed E-state index contributed by atoms with van der Waals surface area (Å²) in [5.74, 6) is -0.152. The van der Waals surface area contributed by atoms with E-state index in [9.17, 15) is 9.59 Å². The zero-order chi connectivity index (χ0) is 13.0. The van der Waals surface area contributed by atoms with E-state index in [0.717, 1.165) is 6.42 Å². The van der Waals surface area contributed by atoms with E-state index < -0.39 is 5.97 Å². The third kappa shape index (κ3) is 2.61. The van der Waals surface area contributed by atoms with Crippen LogP contribution in [0.25, 0.3) is 0 Å². The van der Waals surface area contributed by atoms with Crippen LogP contribution in [-0.4, -0.2) is 31.6 Å². The van der Waals surface area contributed by atoms with E-state index in [1.807, 2.05) is 6.92 Å². The number of benzene rings is 1. The van der Waals surface area contributed by atoms with Gasteiger partial charge in [0.25, 0.3) is 5.91 Å². The number of nitrogens with one attached hydrogen (secondary N) is 1. The molecule has 0 atom stereocenters. The molecule has 5 heteroatoms. The Morgan fingerprint density at radius 2 is 2.33 bits per heavy atom. The van der Waals surface area contributed by atoms with Gasteiger partial charge in [0.2, 0.25) is 0 Å². The van der Waals surface area contributed by atoms with Crippen molar-refractivity contribution in [3.05, 3.63) is 29.3 Å². The van der Waals surface area contributed by atoms with Gasteiger partial charge in [-0.05, 0) is 24.6 Å². The topological polar surface area (TPSA) is 64.6 Å². The van der Waals surface area contributed by atoms with Crippen molar-refractivity contribution in [3.8, 4) is 5.75 Å². The largest absolute Gasteiger partial charge is 0.491 e. The van der Waals surface area contributed by atoms with Crippen molar-refractivity contribution in [2.45, 2.75) is 13.3 Å². The SMILES string of the molecule is CCCOC(=O)c1ccc2c(c1)C(=O)NCCO2. The highest BCUT2D eigenvalue weighted by Gasteiger charge is 2.18. The van der Waals surface area contributed by atoms with Gasteiger partial charge in [-0.3, -0.25) is 4.79 Å². The maximum Gasteiger partial charge on any atom is 0.338 e. The van der Waals surface area contributed by atoms with Crippen LogP contribution >= 0.6 is 0 Å². The van der Waals surface area contributed by atoms with Crippen LogP contribution in [0.5, 0.6) is 5.75 Å². The Labute approximate surface area is 105 Å². The maximum absolute atomic E-state index is 11.8. The quantitative estimate of drug-likeness (QED) is 0.822. The summed E-state index contributed by atoms with van der Waals surface area (Å²) < 4.78 is 10.4. The molecule has 0 spiro atoms. The summed E-state index contributed by atoms with van der Waals surface area (Å²) in [6.45, 7) is 3.19. The summed E-state index contributed by atoms with van der Waals surface area (Å²) in [4.78, 5) is 23.4. The van der Waals surface area contributed by atoms with E-state index in [1.54, 1.807) is 12.1 Å². The number of ether oxygens (including phenoxy) is 2. The van der Waals surface area contributed by atoms with E-state index in [2.05, 4.69) is 5.32 Å². The highest BCUT2D eigenvalue weighted by molar-refractivity contribution is 6.00.